The Bertz CT molecular complexity index is 1080. The summed E-state index contributed by atoms with van der Waals surface area (Å²) in [5.74, 6) is -0.683. The predicted octanol–water partition coefficient (Wildman–Crippen LogP) is 4.28. The summed E-state index contributed by atoms with van der Waals surface area (Å²) in [6, 6.07) is 11.3. The lowest BCUT2D eigenvalue weighted by Crippen LogP contribution is -2.30. The van der Waals surface area contributed by atoms with Gasteiger partial charge in [-0.15, -0.1) is 0 Å². The Morgan fingerprint density at radius 3 is 2.30 bits per heavy atom. The molecule has 0 atom stereocenters. The van der Waals surface area contributed by atoms with Crippen LogP contribution in [0.1, 0.15) is 35.2 Å². The molecule has 1 heterocycles. The highest BCUT2D eigenvalue weighted by Crippen LogP contribution is 2.30. The number of hydrogen-bond donors (Lipinski definition) is 0. The van der Waals surface area contributed by atoms with Crippen molar-refractivity contribution < 1.29 is 14.6 Å². The molecule has 9 heteroatoms. The third-order valence-electron chi connectivity index (χ3n) is 4.90. The molecule has 3 rings (SSSR count). The molecule has 2 aromatic rings. The Balaban J connectivity index is 2.05. The van der Waals surface area contributed by atoms with Crippen LogP contribution in [0, 0.1) is 31.6 Å². The summed E-state index contributed by atoms with van der Waals surface area (Å²) in [4.78, 5) is 35.9. The van der Waals surface area contributed by atoms with Crippen LogP contribution in [0.5, 0.6) is 0 Å². The van der Waals surface area contributed by atoms with Gasteiger partial charge in [0.25, 0.3) is 11.4 Å². The van der Waals surface area contributed by atoms with Crippen LogP contribution < -0.4 is 4.90 Å². The van der Waals surface area contributed by atoms with E-state index in [1.54, 1.807) is 6.07 Å². The second-order valence-electron chi connectivity index (χ2n) is 6.85. The van der Waals surface area contributed by atoms with E-state index in [0.29, 0.717) is 11.3 Å². The Kier molecular flexibility index (Phi) is 6.17. The monoisotopic (exact) mass is 406 g/mol. The second kappa shape index (κ2) is 8.96. The number of anilines is 1. The zero-order valence-corrected chi connectivity index (χ0v) is 16.0. The van der Waals surface area contributed by atoms with Crippen molar-refractivity contribution in [1.29, 1.82) is 5.26 Å². The summed E-state index contributed by atoms with van der Waals surface area (Å²) < 4.78 is 0. The molecule has 1 aliphatic rings. The average molecular weight is 406 g/mol. The van der Waals surface area contributed by atoms with E-state index in [9.17, 15) is 30.3 Å². The van der Waals surface area contributed by atoms with E-state index in [1.807, 2.05) is 6.07 Å². The molecule has 2 aromatic carbocycles. The minimum absolute atomic E-state index is 0.00181. The van der Waals surface area contributed by atoms with E-state index < -0.39 is 15.6 Å². The van der Waals surface area contributed by atoms with E-state index in [-0.39, 0.29) is 22.5 Å². The number of non-ortho nitro benzene ring substituents is 2. The van der Waals surface area contributed by atoms with Crippen molar-refractivity contribution >= 4 is 28.9 Å². The maximum absolute atomic E-state index is 12.8. The molecule has 0 radical (unpaired) electrons. The van der Waals surface area contributed by atoms with Crippen LogP contribution in [0.3, 0.4) is 0 Å². The molecule has 30 heavy (non-hydrogen) atoms. The normalized spacial score (nSPS) is 14.1. The van der Waals surface area contributed by atoms with E-state index >= 15 is 0 Å². The van der Waals surface area contributed by atoms with Crippen LogP contribution in [-0.4, -0.2) is 28.7 Å². The van der Waals surface area contributed by atoms with Gasteiger partial charge in [0.2, 0.25) is 5.78 Å². The minimum atomic E-state index is -0.683. The lowest BCUT2D eigenvalue weighted by atomic mass is 9.99. The van der Waals surface area contributed by atoms with Gasteiger partial charge >= 0.3 is 0 Å². The van der Waals surface area contributed by atoms with Gasteiger partial charge in [-0.3, -0.25) is 25.0 Å². The van der Waals surface area contributed by atoms with Crippen LogP contribution in [0.2, 0.25) is 0 Å². The molecular weight excluding hydrogens is 388 g/mol. The zero-order chi connectivity index (χ0) is 21.7. The molecule has 0 unspecified atom stereocenters. The molecule has 152 valence electrons. The lowest BCUT2D eigenvalue weighted by molar-refractivity contribution is -0.385. The summed E-state index contributed by atoms with van der Waals surface area (Å²) >= 11 is 0. The molecule has 1 fully saturated rings. The molecule has 0 aliphatic carbocycles. The van der Waals surface area contributed by atoms with Gasteiger partial charge in [0, 0.05) is 54.2 Å². The number of rotatable bonds is 6. The largest absolute Gasteiger partial charge is 0.371 e. The first-order valence-electron chi connectivity index (χ1n) is 9.35. The maximum Gasteiger partial charge on any atom is 0.270 e. The molecule has 9 nitrogen and oxygen atoms in total. The molecule has 0 N–H and O–H groups in total. The SMILES string of the molecule is N#CC(=Cc1cc([N+](=O)[O-])ccc1N1CCCCC1)C(=O)c1cccc([N+](=O)[O-])c1. The molecule has 0 spiro atoms. The Morgan fingerprint density at radius 1 is 1.00 bits per heavy atom. The maximum atomic E-state index is 12.8. The first-order chi connectivity index (χ1) is 14.4. The number of allylic oxidation sites excluding steroid dienone is 1. The number of piperidine rings is 1. The fourth-order valence-corrected chi connectivity index (χ4v) is 3.41. The van der Waals surface area contributed by atoms with Crippen molar-refractivity contribution in [3.05, 3.63) is 79.4 Å². The van der Waals surface area contributed by atoms with Gasteiger partial charge < -0.3 is 4.90 Å². The van der Waals surface area contributed by atoms with Gasteiger partial charge in [0.05, 0.1) is 9.85 Å². The van der Waals surface area contributed by atoms with Crippen LogP contribution in [0.15, 0.2) is 48.0 Å². The number of carbonyl (C=O) groups is 1. The highest BCUT2D eigenvalue weighted by Gasteiger charge is 2.20. The van der Waals surface area contributed by atoms with Gasteiger partial charge in [-0.05, 0) is 31.4 Å². The van der Waals surface area contributed by atoms with Crippen molar-refractivity contribution in [3.63, 3.8) is 0 Å². The molecule has 1 saturated heterocycles. The van der Waals surface area contributed by atoms with Crippen molar-refractivity contribution in [1.82, 2.24) is 0 Å². The van der Waals surface area contributed by atoms with Crippen LogP contribution >= 0.6 is 0 Å². The Hall–Kier alpha value is -4.06. The number of nitriles is 1. The molecule has 0 saturated carbocycles. The molecular formula is C21H18N4O5. The molecule has 0 aromatic heterocycles. The zero-order valence-electron chi connectivity index (χ0n) is 16.0. The average Bonchev–Trinajstić information content (AvgIpc) is 2.77. The number of nitro benzene ring substituents is 2. The standard InChI is InChI=1S/C21H18N4O5/c22-14-17(21(26)15-5-4-6-18(12-15)24(27)28)11-16-13-19(25(29)30)7-8-20(16)23-9-2-1-3-10-23/h4-8,11-13H,1-3,9-10H2. The number of benzene rings is 2. The summed E-state index contributed by atoms with van der Waals surface area (Å²) in [6.07, 6.45) is 4.39. The fraction of sp³-hybridized carbons (Fsp3) is 0.238. The predicted molar refractivity (Wildman–Crippen MR) is 110 cm³/mol. The van der Waals surface area contributed by atoms with Crippen LogP contribution in [-0.2, 0) is 0 Å². The number of ketones is 1. The Morgan fingerprint density at radius 2 is 1.67 bits per heavy atom. The summed E-state index contributed by atoms with van der Waals surface area (Å²) in [7, 11) is 0. The van der Waals surface area contributed by atoms with Crippen LogP contribution in [0.4, 0.5) is 17.1 Å². The van der Waals surface area contributed by atoms with Crippen molar-refractivity contribution in [3.8, 4) is 6.07 Å². The number of hydrogen-bond acceptors (Lipinski definition) is 7. The van der Waals surface area contributed by atoms with E-state index in [2.05, 4.69) is 4.90 Å². The summed E-state index contributed by atoms with van der Waals surface area (Å²) in [6.45, 7) is 1.55. The van der Waals surface area contributed by atoms with Gasteiger partial charge in [-0.25, -0.2) is 0 Å². The smallest absolute Gasteiger partial charge is 0.270 e. The van der Waals surface area contributed by atoms with Crippen molar-refractivity contribution in [2.45, 2.75) is 19.3 Å². The molecule has 0 amide bonds. The van der Waals surface area contributed by atoms with Gasteiger partial charge in [0.15, 0.2) is 0 Å². The van der Waals surface area contributed by atoms with E-state index in [0.717, 1.165) is 38.4 Å². The molecule has 1 aliphatic heterocycles. The number of nitrogens with zero attached hydrogens (tertiary/aromatic N) is 4. The first-order valence-corrected chi connectivity index (χ1v) is 9.35. The number of Topliss-reactive ketones (excluding diaryl/α,β-unsaturated/α-hetero) is 1. The quantitative estimate of drug-likeness (QED) is 0.230. The fourth-order valence-electron chi connectivity index (χ4n) is 3.41. The highest BCUT2D eigenvalue weighted by atomic mass is 16.6. The third-order valence-corrected chi connectivity index (χ3v) is 4.90. The van der Waals surface area contributed by atoms with Gasteiger partial charge in [-0.1, -0.05) is 12.1 Å². The summed E-state index contributed by atoms with van der Waals surface area (Å²) in [5, 5.41) is 31.8. The second-order valence-corrected chi connectivity index (χ2v) is 6.85. The third kappa shape index (κ3) is 4.50. The number of carbonyl (C=O) groups excluding carboxylic acids is 1. The van der Waals surface area contributed by atoms with Gasteiger partial charge in [0.1, 0.15) is 11.6 Å². The van der Waals surface area contributed by atoms with E-state index in [1.165, 1.54) is 36.4 Å². The van der Waals surface area contributed by atoms with Gasteiger partial charge in [-0.2, -0.15) is 5.26 Å². The highest BCUT2D eigenvalue weighted by molar-refractivity contribution is 6.14. The minimum Gasteiger partial charge on any atom is -0.371 e. The topological polar surface area (TPSA) is 130 Å². The Labute approximate surface area is 172 Å². The number of nitro groups is 2. The van der Waals surface area contributed by atoms with Crippen LogP contribution in [0.25, 0.3) is 6.08 Å². The first kappa shape index (κ1) is 20.7. The molecule has 0 bridgehead atoms. The van der Waals surface area contributed by atoms with Crippen molar-refractivity contribution in [2.75, 3.05) is 18.0 Å². The van der Waals surface area contributed by atoms with Crippen molar-refractivity contribution in [2.24, 2.45) is 0 Å². The van der Waals surface area contributed by atoms with E-state index in [4.69, 9.17) is 0 Å². The summed E-state index contributed by atoms with van der Waals surface area (Å²) in [5.41, 5.74) is 0.433. The lowest BCUT2D eigenvalue weighted by Gasteiger charge is -2.30.